The fraction of sp³-hybridized carbons (Fsp3) is 0.176. The van der Waals surface area contributed by atoms with E-state index in [0.717, 1.165) is 18.6 Å². The Morgan fingerprint density at radius 3 is 2.27 bits per heavy atom. The Labute approximate surface area is 134 Å². The fourth-order valence-corrected chi connectivity index (χ4v) is 2.12. The van der Waals surface area contributed by atoms with Gasteiger partial charge < -0.3 is 15.4 Å². The van der Waals surface area contributed by atoms with Crippen LogP contribution in [0, 0.1) is 0 Å². The van der Waals surface area contributed by atoms with Crippen LogP contribution in [0.1, 0.15) is 12.8 Å². The molecule has 0 aromatic heterocycles. The number of amides is 1. The number of carbonyl (C=O) groups is 1. The molecule has 0 bridgehead atoms. The van der Waals surface area contributed by atoms with Crippen LogP contribution in [0.25, 0.3) is 0 Å². The van der Waals surface area contributed by atoms with Crippen LogP contribution in [0.4, 0.5) is 5.69 Å². The standard InChI is InChI=1S/C17H16N2O2S/c20-16(17(22)19-13-6-7-13)18-12-8-10-15(11-9-12)21-14-4-2-1-3-5-14/h1-5,8-11,13H,6-7H2,(H,18,20)(H,19,22). The summed E-state index contributed by atoms with van der Waals surface area (Å²) in [4.78, 5) is 12.1. The summed E-state index contributed by atoms with van der Waals surface area (Å²) in [6.07, 6.45) is 2.16. The summed E-state index contributed by atoms with van der Waals surface area (Å²) in [5.74, 6) is 1.20. The molecule has 4 nitrogen and oxygen atoms in total. The van der Waals surface area contributed by atoms with Crippen LogP contribution in [-0.4, -0.2) is 16.9 Å². The highest BCUT2D eigenvalue weighted by atomic mass is 32.1. The number of para-hydroxylation sites is 1. The zero-order chi connectivity index (χ0) is 15.4. The lowest BCUT2D eigenvalue weighted by Crippen LogP contribution is -2.35. The molecule has 1 fully saturated rings. The van der Waals surface area contributed by atoms with Gasteiger partial charge in [0, 0.05) is 11.7 Å². The Balaban J connectivity index is 1.56. The van der Waals surface area contributed by atoms with Gasteiger partial charge in [-0.1, -0.05) is 30.4 Å². The normalized spacial score (nSPS) is 13.3. The van der Waals surface area contributed by atoms with Gasteiger partial charge >= 0.3 is 0 Å². The van der Waals surface area contributed by atoms with Crippen molar-refractivity contribution < 1.29 is 9.53 Å². The van der Waals surface area contributed by atoms with Gasteiger partial charge in [0.15, 0.2) is 4.99 Å². The van der Waals surface area contributed by atoms with Gasteiger partial charge in [-0.05, 0) is 49.2 Å². The van der Waals surface area contributed by atoms with Crippen molar-refractivity contribution in [1.82, 2.24) is 5.32 Å². The molecule has 1 saturated carbocycles. The maximum absolute atomic E-state index is 11.9. The minimum Gasteiger partial charge on any atom is -0.457 e. The lowest BCUT2D eigenvalue weighted by Gasteiger charge is -2.09. The molecular formula is C17H16N2O2S. The van der Waals surface area contributed by atoms with Crippen LogP contribution in [0.5, 0.6) is 11.5 Å². The first-order valence-corrected chi connectivity index (χ1v) is 7.56. The van der Waals surface area contributed by atoms with E-state index in [9.17, 15) is 4.79 Å². The van der Waals surface area contributed by atoms with Crippen molar-refractivity contribution in [3.05, 3.63) is 54.6 Å². The van der Waals surface area contributed by atoms with Crippen molar-refractivity contribution in [2.24, 2.45) is 0 Å². The van der Waals surface area contributed by atoms with Crippen LogP contribution >= 0.6 is 12.2 Å². The molecule has 5 heteroatoms. The van der Waals surface area contributed by atoms with Gasteiger partial charge in [0.2, 0.25) is 0 Å². The summed E-state index contributed by atoms with van der Waals surface area (Å²) in [6, 6.07) is 17.1. The lowest BCUT2D eigenvalue weighted by molar-refractivity contribution is -0.110. The molecule has 3 rings (SSSR count). The molecule has 0 heterocycles. The second kappa shape index (κ2) is 6.58. The molecule has 22 heavy (non-hydrogen) atoms. The number of nitrogens with one attached hydrogen (secondary N) is 2. The molecule has 2 aromatic carbocycles. The number of benzene rings is 2. The number of ether oxygens (including phenoxy) is 1. The first kappa shape index (κ1) is 14.5. The molecule has 1 aliphatic carbocycles. The molecule has 2 N–H and O–H groups in total. The average molecular weight is 312 g/mol. The minimum atomic E-state index is -0.279. The fourth-order valence-electron chi connectivity index (χ4n) is 1.90. The highest BCUT2D eigenvalue weighted by Crippen LogP contribution is 2.23. The molecule has 0 spiro atoms. The van der Waals surface area contributed by atoms with Crippen LogP contribution < -0.4 is 15.4 Å². The smallest absolute Gasteiger partial charge is 0.283 e. The number of rotatable bonds is 4. The van der Waals surface area contributed by atoms with E-state index in [1.165, 1.54) is 0 Å². The van der Waals surface area contributed by atoms with E-state index in [4.69, 9.17) is 17.0 Å². The van der Waals surface area contributed by atoms with E-state index in [0.29, 0.717) is 17.5 Å². The number of anilines is 1. The number of carbonyl (C=O) groups excluding carboxylic acids is 1. The van der Waals surface area contributed by atoms with E-state index in [-0.39, 0.29) is 10.9 Å². The van der Waals surface area contributed by atoms with Crippen molar-refractivity contribution in [2.45, 2.75) is 18.9 Å². The largest absolute Gasteiger partial charge is 0.457 e. The molecule has 112 valence electrons. The highest BCUT2D eigenvalue weighted by Gasteiger charge is 2.24. The molecule has 1 amide bonds. The first-order chi connectivity index (χ1) is 10.7. The van der Waals surface area contributed by atoms with Gasteiger partial charge in [-0.25, -0.2) is 0 Å². The van der Waals surface area contributed by atoms with Crippen LogP contribution in [0.15, 0.2) is 54.6 Å². The predicted octanol–water partition coefficient (Wildman–Crippen LogP) is 3.50. The van der Waals surface area contributed by atoms with Crippen LogP contribution in [0.3, 0.4) is 0 Å². The van der Waals surface area contributed by atoms with Gasteiger partial charge in [0.05, 0.1) is 0 Å². The lowest BCUT2D eigenvalue weighted by atomic mass is 10.3. The molecule has 0 atom stereocenters. The quantitative estimate of drug-likeness (QED) is 0.849. The molecule has 2 aromatic rings. The van der Waals surface area contributed by atoms with E-state index < -0.39 is 0 Å². The summed E-state index contributed by atoms with van der Waals surface area (Å²) in [7, 11) is 0. The number of hydrogen-bond donors (Lipinski definition) is 2. The summed E-state index contributed by atoms with van der Waals surface area (Å²) >= 11 is 5.06. The Kier molecular flexibility index (Phi) is 4.34. The van der Waals surface area contributed by atoms with Gasteiger partial charge in [-0.15, -0.1) is 0 Å². The minimum absolute atomic E-state index is 0.243. The van der Waals surface area contributed by atoms with Gasteiger partial charge in [0.1, 0.15) is 11.5 Å². The van der Waals surface area contributed by atoms with Gasteiger partial charge in [-0.2, -0.15) is 0 Å². The molecule has 1 aliphatic rings. The molecular weight excluding hydrogens is 296 g/mol. The highest BCUT2D eigenvalue weighted by molar-refractivity contribution is 7.82. The van der Waals surface area contributed by atoms with Crippen molar-refractivity contribution in [3.8, 4) is 11.5 Å². The average Bonchev–Trinajstić information content (AvgIpc) is 3.34. The Bertz CT molecular complexity index is 667. The van der Waals surface area contributed by atoms with Crippen molar-refractivity contribution in [3.63, 3.8) is 0 Å². The van der Waals surface area contributed by atoms with Crippen molar-refractivity contribution in [1.29, 1.82) is 0 Å². The Morgan fingerprint density at radius 2 is 1.64 bits per heavy atom. The Hall–Kier alpha value is -2.40. The van der Waals surface area contributed by atoms with Gasteiger partial charge in [0.25, 0.3) is 5.91 Å². The number of thiocarbonyl (C=S) groups is 1. The third-order valence-corrected chi connectivity index (χ3v) is 3.51. The summed E-state index contributed by atoms with van der Waals surface area (Å²) in [5.41, 5.74) is 0.686. The van der Waals surface area contributed by atoms with E-state index >= 15 is 0 Å². The third kappa shape index (κ3) is 4.05. The molecule has 0 radical (unpaired) electrons. The Morgan fingerprint density at radius 1 is 1.00 bits per heavy atom. The maximum atomic E-state index is 11.9. The summed E-state index contributed by atoms with van der Waals surface area (Å²) < 4.78 is 5.70. The van der Waals surface area contributed by atoms with Crippen molar-refractivity contribution in [2.75, 3.05) is 5.32 Å². The monoisotopic (exact) mass is 312 g/mol. The molecule has 0 saturated heterocycles. The van der Waals surface area contributed by atoms with E-state index in [1.54, 1.807) is 24.3 Å². The van der Waals surface area contributed by atoms with E-state index in [2.05, 4.69) is 10.6 Å². The topological polar surface area (TPSA) is 50.4 Å². The second-order valence-electron chi connectivity index (χ2n) is 5.14. The third-order valence-electron chi connectivity index (χ3n) is 3.21. The summed E-state index contributed by atoms with van der Waals surface area (Å²) in [5, 5.41) is 5.78. The SMILES string of the molecule is O=C(Nc1ccc(Oc2ccccc2)cc1)C(=S)NC1CC1. The first-order valence-electron chi connectivity index (χ1n) is 7.15. The summed E-state index contributed by atoms with van der Waals surface area (Å²) in [6.45, 7) is 0. The molecule has 0 aliphatic heterocycles. The van der Waals surface area contributed by atoms with E-state index in [1.807, 2.05) is 30.3 Å². The molecule has 0 unspecified atom stereocenters. The maximum Gasteiger partial charge on any atom is 0.283 e. The second-order valence-corrected chi connectivity index (χ2v) is 5.55. The van der Waals surface area contributed by atoms with Gasteiger partial charge in [-0.3, -0.25) is 4.79 Å². The zero-order valence-electron chi connectivity index (χ0n) is 11.9. The predicted molar refractivity (Wildman–Crippen MR) is 90.3 cm³/mol. The number of hydrogen-bond acceptors (Lipinski definition) is 3. The van der Waals surface area contributed by atoms with Crippen LogP contribution in [0.2, 0.25) is 0 Å². The van der Waals surface area contributed by atoms with Crippen LogP contribution in [-0.2, 0) is 4.79 Å². The zero-order valence-corrected chi connectivity index (χ0v) is 12.7. The van der Waals surface area contributed by atoms with Crippen molar-refractivity contribution >= 4 is 28.8 Å².